The van der Waals surface area contributed by atoms with Crippen LogP contribution in [-0.2, 0) is 4.79 Å². The van der Waals surface area contributed by atoms with Gasteiger partial charge in [0, 0.05) is 24.7 Å². The zero-order valence-corrected chi connectivity index (χ0v) is 12.0. The molecule has 4 unspecified atom stereocenters. The number of likely N-dealkylation sites (tertiary alicyclic amines) is 1. The van der Waals surface area contributed by atoms with E-state index in [2.05, 4.69) is 41.4 Å². The van der Waals surface area contributed by atoms with Crippen LogP contribution in [-0.4, -0.2) is 36.0 Å². The van der Waals surface area contributed by atoms with Crippen molar-refractivity contribution in [2.75, 3.05) is 13.1 Å². The fourth-order valence-electron chi connectivity index (χ4n) is 3.78. The molecule has 1 aromatic carbocycles. The number of rotatable bonds is 3. The SMILES string of the molecule is CC(N)C(c1ccccc1)N1CCCC2C(=O)NCC21. The predicted octanol–water partition coefficient (Wildman–Crippen LogP) is 1.29. The molecule has 2 fully saturated rings. The molecule has 0 spiro atoms. The van der Waals surface area contributed by atoms with Gasteiger partial charge in [-0.05, 0) is 31.9 Å². The predicted molar refractivity (Wildman–Crippen MR) is 79.1 cm³/mol. The Kier molecular flexibility index (Phi) is 3.76. The normalized spacial score (nSPS) is 29.6. The molecule has 108 valence electrons. The van der Waals surface area contributed by atoms with E-state index in [1.165, 1.54) is 5.56 Å². The molecule has 20 heavy (non-hydrogen) atoms. The number of carbonyl (C=O) groups is 1. The number of nitrogens with one attached hydrogen (secondary N) is 1. The lowest BCUT2D eigenvalue weighted by atomic mass is 9.87. The number of amides is 1. The first-order valence-electron chi connectivity index (χ1n) is 7.52. The Labute approximate surface area is 120 Å². The molecule has 0 radical (unpaired) electrons. The molecule has 4 atom stereocenters. The van der Waals surface area contributed by atoms with Crippen LogP contribution in [0.1, 0.15) is 31.4 Å². The maximum absolute atomic E-state index is 11.9. The molecule has 0 saturated carbocycles. The molecule has 3 N–H and O–H groups in total. The summed E-state index contributed by atoms with van der Waals surface area (Å²) in [5, 5.41) is 3.02. The van der Waals surface area contributed by atoms with Crippen molar-refractivity contribution in [3.63, 3.8) is 0 Å². The first-order valence-corrected chi connectivity index (χ1v) is 7.52. The molecule has 4 nitrogen and oxygen atoms in total. The van der Waals surface area contributed by atoms with Gasteiger partial charge >= 0.3 is 0 Å². The van der Waals surface area contributed by atoms with Crippen molar-refractivity contribution in [2.24, 2.45) is 11.7 Å². The number of piperidine rings is 1. The number of hydrogen-bond acceptors (Lipinski definition) is 3. The molecule has 2 aliphatic rings. The maximum atomic E-state index is 11.9. The summed E-state index contributed by atoms with van der Waals surface area (Å²) in [6.45, 7) is 3.85. The van der Waals surface area contributed by atoms with Crippen molar-refractivity contribution in [3.05, 3.63) is 35.9 Å². The molecule has 0 aliphatic carbocycles. The van der Waals surface area contributed by atoms with Crippen molar-refractivity contribution < 1.29 is 4.79 Å². The molecule has 2 aliphatic heterocycles. The Hall–Kier alpha value is -1.39. The summed E-state index contributed by atoms with van der Waals surface area (Å²) in [6.07, 6.45) is 2.08. The number of nitrogens with zero attached hydrogens (tertiary/aromatic N) is 1. The van der Waals surface area contributed by atoms with Crippen LogP contribution in [0, 0.1) is 5.92 Å². The van der Waals surface area contributed by atoms with Crippen LogP contribution in [0.4, 0.5) is 0 Å². The average Bonchev–Trinajstić information content (AvgIpc) is 2.83. The molecule has 4 heteroatoms. The van der Waals surface area contributed by atoms with Crippen LogP contribution in [0.3, 0.4) is 0 Å². The van der Waals surface area contributed by atoms with Gasteiger partial charge in [0.2, 0.25) is 5.91 Å². The number of benzene rings is 1. The topological polar surface area (TPSA) is 58.4 Å². The van der Waals surface area contributed by atoms with Crippen LogP contribution in [0.25, 0.3) is 0 Å². The Morgan fingerprint density at radius 2 is 2.10 bits per heavy atom. The first-order chi connectivity index (χ1) is 9.68. The van der Waals surface area contributed by atoms with Gasteiger partial charge < -0.3 is 11.1 Å². The van der Waals surface area contributed by atoms with Crippen molar-refractivity contribution in [1.82, 2.24) is 10.2 Å². The van der Waals surface area contributed by atoms with E-state index < -0.39 is 0 Å². The van der Waals surface area contributed by atoms with E-state index in [9.17, 15) is 4.79 Å². The fourth-order valence-corrected chi connectivity index (χ4v) is 3.78. The maximum Gasteiger partial charge on any atom is 0.224 e. The molecule has 2 saturated heterocycles. The number of nitrogens with two attached hydrogens (primary N) is 1. The van der Waals surface area contributed by atoms with Gasteiger partial charge in [0.1, 0.15) is 0 Å². The molecular weight excluding hydrogens is 250 g/mol. The Morgan fingerprint density at radius 1 is 1.35 bits per heavy atom. The molecule has 0 aromatic heterocycles. The third-order valence-corrected chi connectivity index (χ3v) is 4.64. The van der Waals surface area contributed by atoms with Crippen LogP contribution in [0.5, 0.6) is 0 Å². The van der Waals surface area contributed by atoms with Crippen LogP contribution < -0.4 is 11.1 Å². The lowest BCUT2D eigenvalue weighted by Crippen LogP contribution is -2.51. The Morgan fingerprint density at radius 3 is 2.80 bits per heavy atom. The second-order valence-corrected chi connectivity index (χ2v) is 6.01. The molecule has 3 rings (SSSR count). The first kappa shape index (κ1) is 13.6. The van der Waals surface area contributed by atoms with E-state index in [1.54, 1.807) is 0 Å². The van der Waals surface area contributed by atoms with Gasteiger partial charge in [-0.3, -0.25) is 9.69 Å². The average molecular weight is 273 g/mol. The van der Waals surface area contributed by atoms with E-state index in [1.807, 2.05) is 6.07 Å². The van der Waals surface area contributed by atoms with E-state index in [4.69, 9.17) is 5.73 Å². The van der Waals surface area contributed by atoms with Crippen molar-refractivity contribution in [3.8, 4) is 0 Å². The minimum absolute atomic E-state index is 0.0480. The summed E-state index contributed by atoms with van der Waals surface area (Å²) in [5.74, 6) is 0.366. The van der Waals surface area contributed by atoms with Gasteiger partial charge in [-0.25, -0.2) is 0 Å². The molecule has 2 heterocycles. The van der Waals surface area contributed by atoms with Gasteiger partial charge in [-0.2, -0.15) is 0 Å². The summed E-state index contributed by atoms with van der Waals surface area (Å²) in [4.78, 5) is 14.4. The number of fused-ring (bicyclic) bond motifs is 1. The highest BCUT2D eigenvalue weighted by Crippen LogP contribution is 2.35. The highest BCUT2D eigenvalue weighted by molar-refractivity contribution is 5.82. The summed E-state index contributed by atoms with van der Waals surface area (Å²) >= 11 is 0. The molecule has 1 aromatic rings. The van der Waals surface area contributed by atoms with Gasteiger partial charge in [0.15, 0.2) is 0 Å². The molecular formula is C16H23N3O. The Bertz CT molecular complexity index is 474. The van der Waals surface area contributed by atoms with Crippen LogP contribution in [0.2, 0.25) is 0 Å². The van der Waals surface area contributed by atoms with Crippen molar-refractivity contribution in [1.29, 1.82) is 0 Å². The Balaban J connectivity index is 1.90. The zero-order valence-electron chi connectivity index (χ0n) is 12.0. The molecule has 1 amide bonds. The monoisotopic (exact) mass is 273 g/mol. The quantitative estimate of drug-likeness (QED) is 0.872. The summed E-state index contributed by atoms with van der Waals surface area (Å²) < 4.78 is 0. The lowest BCUT2D eigenvalue weighted by Gasteiger charge is -2.43. The van der Waals surface area contributed by atoms with Crippen LogP contribution in [0.15, 0.2) is 30.3 Å². The standard InChI is InChI=1S/C16H23N3O/c1-11(17)15(12-6-3-2-4-7-12)19-9-5-8-13-14(19)10-18-16(13)20/h2-4,6-7,11,13-15H,5,8-10,17H2,1H3,(H,18,20). The highest BCUT2D eigenvalue weighted by Gasteiger charge is 2.43. The van der Waals surface area contributed by atoms with Gasteiger partial charge in [0.05, 0.1) is 5.92 Å². The van der Waals surface area contributed by atoms with E-state index in [0.717, 1.165) is 25.9 Å². The van der Waals surface area contributed by atoms with E-state index >= 15 is 0 Å². The second kappa shape index (κ2) is 5.54. The second-order valence-electron chi connectivity index (χ2n) is 6.01. The van der Waals surface area contributed by atoms with Gasteiger partial charge in [0.25, 0.3) is 0 Å². The van der Waals surface area contributed by atoms with Crippen LogP contribution >= 0.6 is 0 Å². The largest absolute Gasteiger partial charge is 0.354 e. The summed E-state index contributed by atoms with van der Waals surface area (Å²) in [6, 6.07) is 11.0. The minimum atomic E-state index is 0.0480. The fraction of sp³-hybridized carbons (Fsp3) is 0.562. The van der Waals surface area contributed by atoms with Crippen molar-refractivity contribution in [2.45, 2.75) is 37.9 Å². The third-order valence-electron chi connectivity index (χ3n) is 4.64. The van der Waals surface area contributed by atoms with Gasteiger partial charge in [-0.1, -0.05) is 30.3 Å². The van der Waals surface area contributed by atoms with E-state index in [-0.39, 0.29) is 23.9 Å². The third kappa shape index (κ3) is 2.34. The zero-order chi connectivity index (χ0) is 14.1. The van der Waals surface area contributed by atoms with Gasteiger partial charge in [-0.15, -0.1) is 0 Å². The number of carbonyl (C=O) groups excluding carboxylic acids is 1. The van der Waals surface area contributed by atoms with E-state index in [0.29, 0.717) is 6.04 Å². The molecule has 0 bridgehead atoms. The smallest absolute Gasteiger partial charge is 0.224 e. The minimum Gasteiger partial charge on any atom is -0.354 e. The summed E-state index contributed by atoms with van der Waals surface area (Å²) in [7, 11) is 0. The number of hydrogen-bond donors (Lipinski definition) is 2. The van der Waals surface area contributed by atoms with Crippen molar-refractivity contribution >= 4 is 5.91 Å². The highest BCUT2D eigenvalue weighted by atomic mass is 16.2. The summed E-state index contributed by atoms with van der Waals surface area (Å²) in [5.41, 5.74) is 7.52. The lowest BCUT2D eigenvalue weighted by molar-refractivity contribution is -0.124.